The molecule has 0 aliphatic rings. The Morgan fingerprint density at radius 1 is 1.48 bits per heavy atom. The van der Waals surface area contributed by atoms with E-state index in [-0.39, 0.29) is 0 Å². The summed E-state index contributed by atoms with van der Waals surface area (Å²) in [6, 6.07) is 3.84. The van der Waals surface area contributed by atoms with Gasteiger partial charge in [0.15, 0.2) is 0 Å². The number of pyridine rings is 1. The summed E-state index contributed by atoms with van der Waals surface area (Å²) in [6.07, 6.45) is 1.86. The zero-order valence-electron chi connectivity index (χ0n) is 13.2. The number of nitrogens with one attached hydrogen (secondary N) is 1. The Labute approximate surface area is 133 Å². The number of nitrogens with zero attached hydrogens (tertiary/aromatic N) is 2. The third kappa shape index (κ3) is 6.46. The maximum absolute atomic E-state index is 6.23. The van der Waals surface area contributed by atoms with Crippen LogP contribution in [0.3, 0.4) is 0 Å². The van der Waals surface area contributed by atoms with Gasteiger partial charge in [-0.25, -0.2) is 4.98 Å². The number of hydrogen-bond acceptors (Lipinski definition) is 4. The average molecular weight is 312 g/mol. The minimum absolute atomic E-state index is 0.603. The van der Waals surface area contributed by atoms with E-state index in [9.17, 15) is 0 Å². The van der Waals surface area contributed by atoms with Crippen molar-refractivity contribution in [2.75, 3.05) is 38.3 Å². The summed E-state index contributed by atoms with van der Waals surface area (Å²) in [7, 11) is 1.70. The minimum Gasteiger partial charge on any atom is -0.383 e. The lowest BCUT2D eigenvalue weighted by Crippen LogP contribution is -2.28. The van der Waals surface area contributed by atoms with Crippen LogP contribution in [-0.2, 0) is 11.3 Å². The molecule has 0 saturated heterocycles. The van der Waals surface area contributed by atoms with Crippen LogP contribution in [0.5, 0.6) is 0 Å². The Balaban J connectivity index is 2.79. The van der Waals surface area contributed by atoms with E-state index in [1.165, 1.54) is 0 Å². The molecular weight excluding hydrogens is 286 g/mol. The van der Waals surface area contributed by atoms with Crippen molar-refractivity contribution >= 4 is 17.4 Å². The highest BCUT2D eigenvalue weighted by Gasteiger charge is 2.10. The van der Waals surface area contributed by atoms with Gasteiger partial charge < -0.3 is 15.0 Å². The zero-order valence-corrected chi connectivity index (χ0v) is 14.0. The standard InChI is InChI=1S/C16H26ClN3O/c1-5-8-20(9-10-21-4)16-7-6-14(17)15(19-16)12-18-11-13(2)3/h5-7,13,18H,1,8-12H2,2-4H3. The molecule has 0 aromatic carbocycles. The van der Waals surface area contributed by atoms with Crippen LogP contribution in [0.25, 0.3) is 0 Å². The van der Waals surface area contributed by atoms with E-state index >= 15 is 0 Å². The second kappa shape index (κ2) is 9.77. The summed E-state index contributed by atoms with van der Waals surface area (Å²) >= 11 is 6.23. The van der Waals surface area contributed by atoms with Crippen molar-refractivity contribution in [1.29, 1.82) is 0 Å². The largest absolute Gasteiger partial charge is 0.383 e. The first kappa shape index (κ1) is 18.0. The Hall–Kier alpha value is -1.10. The Bertz CT molecular complexity index is 438. The number of ether oxygens (including phenoxy) is 1. The van der Waals surface area contributed by atoms with Crippen molar-refractivity contribution in [3.8, 4) is 0 Å². The fourth-order valence-corrected chi connectivity index (χ4v) is 2.08. The zero-order chi connectivity index (χ0) is 15.7. The number of methoxy groups -OCH3 is 1. The van der Waals surface area contributed by atoms with Crippen molar-refractivity contribution in [3.63, 3.8) is 0 Å². The highest BCUT2D eigenvalue weighted by molar-refractivity contribution is 6.31. The Morgan fingerprint density at radius 2 is 2.24 bits per heavy atom. The predicted molar refractivity (Wildman–Crippen MR) is 90.1 cm³/mol. The fourth-order valence-electron chi connectivity index (χ4n) is 1.91. The van der Waals surface area contributed by atoms with Crippen LogP contribution in [0.1, 0.15) is 19.5 Å². The van der Waals surface area contributed by atoms with Gasteiger partial charge in [-0.1, -0.05) is 31.5 Å². The van der Waals surface area contributed by atoms with Gasteiger partial charge in [-0.3, -0.25) is 0 Å². The van der Waals surface area contributed by atoms with E-state index < -0.39 is 0 Å². The van der Waals surface area contributed by atoms with Crippen LogP contribution in [0, 0.1) is 5.92 Å². The summed E-state index contributed by atoms with van der Waals surface area (Å²) in [6.45, 7) is 11.9. The lowest BCUT2D eigenvalue weighted by molar-refractivity contribution is 0.205. The van der Waals surface area contributed by atoms with Crippen LogP contribution < -0.4 is 10.2 Å². The molecule has 0 atom stereocenters. The number of aromatic nitrogens is 1. The number of anilines is 1. The average Bonchev–Trinajstić information content (AvgIpc) is 2.45. The summed E-state index contributed by atoms with van der Waals surface area (Å²) in [4.78, 5) is 6.79. The van der Waals surface area contributed by atoms with Crippen molar-refractivity contribution in [2.45, 2.75) is 20.4 Å². The van der Waals surface area contributed by atoms with Gasteiger partial charge in [0.25, 0.3) is 0 Å². The molecule has 0 radical (unpaired) electrons. The SMILES string of the molecule is C=CCN(CCOC)c1ccc(Cl)c(CNCC(C)C)n1. The van der Waals surface area contributed by atoms with E-state index in [2.05, 4.69) is 35.6 Å². The van der Waals surface area contributed by atoms with Gasteiger partial charge in [0.2, 0.25) is 0 Å². The number of halogens is 1. The molecular formula is C16H26ClN3O. The van der Waals surface area contributed by atoms with E-state index in [1.54, 1.807) is 7.11 Å². The third-order valence-electron chi connectivity index (χ3n) is 2.99. The lowest BCUT2D eigenvalue weighted by atomic mass is 10.2. The molecule has 0 amide bonds. The van der Waals surface area contributed by atoms with Crippen LogP contribution in [0.2, 0.25) is 5.02 Å². The molecule has 21 heavy (non-hydrogen) atoms. The second-order valence-electron chi connectivity index (χ2n) is 5.35. The van der Waals surface area contributed by atoms with E-state index in [4.69, 9.17) is 16.3 Å². The monoisotopic (exact) mass is 311 g/mol. The molecule has 118 valence electrons. The molecule has 0 bridgehead atoms. The number of hydrogen-bond donors (Lipinski definition) is 1. The van der Waals surface area contributed by atoms with E-state index in [1.807, 2.05) is 18.2 Å². The first-order valence-electron chi connectivity index (χ1n) is 7.29. The van der Waals surface area contributed by atoms with Gasteiger partial charge in [-0.2, -0.15) is 0 Å². The van der Waals surface area contributed by atoms with E-state index in [0.717, 1.165) is 31.1 Å². The first-order valence-corrected chi connectivity index (χ1v) is 7.67. The summed E-state index contributed by atoms with van der Waals surface area (Å²) < 4.78 is 5.14. The van der Waals surface area contributed by atoms with Crippen molar-refractivity contribution in [3.05, 3.63) is 35.5 Å². The van der Waals surface area contributed by atoms with Gasteiger partial charge in [0.05, 0.1) is 17.3 Å². The molecule has 4 nitrogen and oxygen atoms in total. The predicted octanol–water partition coefficient (Wildman–Crippen LogP) is 3.12. The molecule has 1 aromatic rings. The fraction of sp³-hybridized carbons (Fsp3) is 0.562. The van der Waals surface area contributed by atoms with Gasteiger partial charge >= 0.3 is 0 Å². The molecule has 5 heteroatoms. The maximum Gasteiger partial charge on any atom is 0.129 e. The van der Waals surface area contributed by atoms with Crippen LogP contribution in [0.15, 0.2) is 24.8 Å². The number of rotatable bonds is 10. The van der Waals surface area contributed by atoms with Crippen LogP contribution >= 0.6 is 11.6 Å². The van der Waals surface area contributed by atoms with Crippen molar-refractivity contribution in [2.24, 2.45) is 5.92 Å². The molecule has 0 spiro atoms. The van der Waals surface area contributed by atoms with E-state index in [0.29, 0.717) is 24.1 Å². The molecule has 0 saturated carbocycles. The second-order valence-corrected chi connectivity index (χ2v) is 5.76. The lowest BCUT2D eigenvalue weighted by Gasteiger charge is -2.22. The topological polar surface area (TPSA) is 37.4 Å². The highest BCUT2D eigenvalue weighted by atomic mass is 35.5. The maximum atomic E-state index is 6.23. The minimum atomic E-state index is 0.603. The molecule has 0 unspecified atom stereocenters. The van der Waals surface area contributed by atoms with Gasteiger partial charge in [-0.05, 0) is 24.6 Å². The molecule has 0 aliphatic carbocycles. The van der Waals surface area contributed by atoms with Crippen molar-refractivity contribution < 1.29 is 4.74 Å². The normalized spacial score (nSPS) is 10.9. The smallest absolute Gasteiger partial charge is 0.129 e. The van der Waals surface area contributed by atoms with Crippen molar-refractivity contribution in [1.82, 2.24) is 10.3 Å². The molecule has 1 heterocycles. The molecule has 0 fully saturated rings. The quantitative estimate of drug-likeness (QED) is 0.674. The Morgan fingerprint density at radius 3 is 2.86 bits per heavy atom. The Kier molecular flexibility index (Phi) is 8.35. The summed E-state index contributed by atoms with van der Waals surface area (Å²) in [5.74, 6) is 1.50. The summed E-state index contributed by atoms with van der Waals surface area (Å²) in [5, 5.41) is 4.07. The van der Waals surface area contributed by atoms with Crippen LogP contribution in [-0.4, -0.2) is 38.3 Å². The van der Waals surface area contributed by atoms with Gasteiger partial charge in [0.1, 0.15) is 5.82 Å². The molecule has 1 N–H and O–H groups in total. The molecule has 0 aliphatic heterocycles. The molecule has 1 aromatic heterocycles. The van der Waals surface area contributed by atoms with Crippen LogP contribution in [0.4, 0.5) is 5.82 Å². The summed E-state index contributed by atoms with van der Waals surface area (Å²) in [5.41, 5.74) is 0.876. The first-order chi connectivity index (χ1) is 10.1. The molecule has 1 rings (SSSR count). The third-order valence-corrected chi connectivity index (χ3v) is 3.33. The van der Waals surface area contributed by atoms with Gasteiger partial charge in [0, 0.05) is 26.7 Å². The van der Waals surface area contributed by atoms with Gasteiger partial charge in [-0.15, -0.1) is 6.58 Å². The highest BCUT2D eigenvalue weighted by Crippen LogP contribution is 2.19.